The lowest BCUT2D eigenvalue weighted by atomic mass is 10.1. The SMILES string of the molecule is CC(C)NC(=O)C(C=Nc1ccc(I)cc1)=C(O)c1ccccc1Cl. The molecule has 2 N–H and O–H groups in total. The second kappa shape index (κ2) is 9.01. The first kappa shape index (κ1) is 19.5. The quantitative estimate of drug-likeness (QED) is 0.276. The third-order valence-corrected chi connectivity index (χ3v) is 4.27. The first-order valence-electron chi connectivity index (χ1n) is 7.67. The minimum atomic E-state index is -0.415. The molecule has 0 saturated heterocycles. The number of amides is 1. The number of rotatable bonds is 5. The lowest BCUT2D eigenvalue weighted by Crippen LogP contribution is -2.32. The van der Waals surface area contributed by atoms with E-state index in [1.165, 1.54) is 6.21 Å². The van der Waals surface area contributed by atoms with Crippen LogP contribution in [-0.4, -0.2) is 23.3 Å². The zero-order chi connectivity index (χ0) is 18.4. The number of aliphatic hydroxyl groups is 1. The summed E-state index contributed by atoms with van der Waals surface area (Å²) >= 11 is 8.34. The number of hydrogen-bond donors (Lipinski definition) is 2. The predicted octanol–water partition coefficient (Wildman–Crippen LogP) is 5.14. The number of hydrogen-bond acceptors (Lipinski definition) is 3. The maximum Gasteiger partial charge on any atom is 0.256 e. The third kappa shape index (κ3) is 5.57. The standard InChI is InChI=1S/C19H18ClIN2O2/c1-12(2)23-19(25)16(11-22-14-9-7-13(21)8-10-14)18(24)15-5-3-4-6-17(15)20/h3-12,24H,1-2H3,(H,23,25). The molecular weight excluding hydrogens is 451 g/mol. The van der Waals surface area contributed by atoms with Crippen molar-refractivity contribution in [3.63, 3.8) is 0 Å². The summed E-state index contributed by atoms with van der Waals surface area (Å²) in [5, 5.41) is 13.7. The topological polar surface area (TPSA) is 61.7 Å². The van der Waals surface area contributed by atoms with Gasteiger partial charge >= 0.3 is 0 Å². The van der Waals surface area contributed by atoms with E-state index in [1.807, 2.05) is 38.1 Å². The average molecular weight is 469 g/mol. The smallest absolute Gasteiger partial charge is 0.256 e. The van der Waals surface area contributed by atoms with Crippen LogP contribution in [0, 0.1) is 3.57 Å². The highest BCUT2D eigenvalue weighted by Gasteiger charge is 2.17. The number of nitrogens with zero attached hydrogens (tertiary/aromatic N) is 1. The zero-order valence-corrected chi connectivity index (χ0v) is 16.7. The van der Waals surface area contributed by atoms with Crippen molar-refractivity contribution in [3.8, 4) is 0 Å². The fourth-order valence-electron chi connectivity index (χ4n) is 2.03. The molecule has 2 aromatic rings. The van der Waals surface area contributed by atoms with Gasteiger partial charge in [-0.3, -0.25) is 9.79 Å². The van der Waals surface area contributed by atoms with Crippen LogP contribution in [0.3, 0.4) is 0 Å². The maximum absolute atomic E-state index is 12.5. The molecule has 0 spiro atoms. The van der Waals surface area contributed by atoms with Crippen LogP contribution in [0.2, 0.25) is 5.02 Å². The molecule has 25 heavy (non-hydrogen) atoms. The Morgan fingerprint density at radius 2 is 1.84 bits per heavy atom. The second-order valence-corrected chi connectivity index (χ2v) is 7.26. The van der Waals surface area contributed by atoms with E-state index < -0.39 is 5.91 Å². The van der Waals surface area contributed by atoms with Gasteiger partial charge in [-0.25, -0.2) is 0 Å². The van der Waals surface area contributed by atoms with Gasteiger partial charge in [-0.2, -0.15) is 0 Å². The normalized spacial score (nSPS) is 12.4. The molecular formula is C19H18ClIN2O2. The van der Waals surface area contributed by atoms with Crippen molar-refractivity contribution in [2.24, 2.45) is 4.99 Å². The molecule has 0 aliphatic rings. The Hall–Kier alpha value is -1.86. The van der Waals surface area contributed by atoms with Crippen molar-refractivity contribution in [2.45, 2.75) is 19.9 Å². The maximum atomic E-state index is 12.5. The van der Waals surface area contributed by atoms with Gasteiger partial charge in [0.05, 0.1) is 10.7 Å². The lowest BCUT2D eigenvalue weighted by Gasteiger charge is -2.11. The van der Waals surface area contributed by atoms with E-state index in [0.717, 1.165) is 3.57 Å². The summed E-state index contributed by atoms with van der Waals surface area (Å²) in [6.07, 6.45) is 1.36. The Morgan fingerprint density at radius 1 is 1.20 bits per heavy atom. The third-order valence-electron chi connectivity index (χ3n) is 3.22. The van der Waals surface area contributed by atoms with Crippen LogP contribution in [0.15, 0.2) is 59.1 Å². The first-order valence-corrected chi connectivity index (χ1v) is 9.12. The Bertz CT molecular complexity index is 814. The van der Waals surface area contributed by atoms with Crippen LogP contribution in [0.25, 0.3) is 5.76 Å². The summed E-state index contributed by atoms with van der Waals surface area (Å²) in [6, 6.07) is 14.2. The van der Waals surface area contributed by atoms with E-state index >= 15 is 0 Å². The van der Waals surface area contributed by atoms with Crippen LogP contribution in [-0.2, 0) is 4.79 Å². The molecule has 0 atom stereocenters. The number of benzene rings is 2. The monoisotopic (exact) mass is 468 g/mol. The number of aliphatic hydroxyl groups excluding tert-OH is 1. The minimum absolute atomic E-state index is 0.0559. The van der Waals surface area contributed by atoms with Crippen molar-refractivity contribution in [3.05, 3.63) is 68.3 Å². The molecule has 0 aromatic heterocycles. The molecule has 0 aliphatic carbocycles. The summed E-state index contributed by atoms with van der Waals surface area (Å²) in [5.74, 6) is -0.625. The van der Waals surface area contributed by atoms with Crippen molar-refractivity contribution in [2.75, 3.05) is 0 Å². The molecule has 4 nitrogen and oxygen atoms in total. The first-order chi connectivity index (χ1) is 11.9. The summed E-state index contributed by atoms with van der Waals surface area (Å²) in [6.45, 7) is 3.69. The number of carbonyl (C=O) groups is 1. The van der Waals surface area contributed by atoms with Gasteiger partial charge in [0, 0.05) is 21.4 Å². The molecule has 0 fully saturated rings. The predicted molar refractivity (Wildman–Crippen MR) is 112 cm³/mol. The van der Waals surface area contributed by atoms with E-state index in [9.17, 15) is 9.90 Å². The summed E-state index contributed by atoms with van der Waals surface area (Å²) in [7, 11) is 0. The molecule has 0 aliphatic heterocycles. The highest BCUT2D eigenvalue weighted by Crippen LogP contribution is 2.24. The van der Waals surface area contributed by atoms with Crippen LogP contribution in [0.5, 0.6) is 0 Å². The average Bonchev–Trinajstić information content (AvgIpc) is 2.56. The lowest BCUT2D eigenvalue weighted by molar-refractivity contribution is -0.117. The van der Waals surface area contributed by atoms with Gasteiger partial charge in [-0.15, -0.1) is 0 Å². The molecule has 6 heteroatoms. The second-order valence-electron chi connectivity index (χ2n) is 5.60. The number of halogens is 2. The van der Waals surface area contributed by atoms with Crippen molar-refractivity contribution < 1.29 is 9.90 Å². The fraction of sp³-hybridized carbons (Fsp3) is 0.158. The summed E-state index contributed by atoms with van der Waals surface area (Å²) in [5.41, 5.74) is 1.12. The molecule has 0 saturated carbocycles. The number of carbonyl (C=O) groups excluding carboxylic acids is 1. The molecule has 130 valence electrons. The van der Waals surface area contributed by atoms with Crippen LogP contribution >= 0.6 is 34.2 Å². The van der Waals surface area contributed by atoms with Gasteiger partial charge in [0.1, 0.15) is 11.3 Å². The molecule has 0 bridgehead atoms. The Kier molecular flexibility index (Phi) is 7.01. The van der Waals surface area contributed by atoms with Gasteiger partial charge in [0.15, 0.2) is 0 Å². The highest BCUT2D eigenvalue weighted by molar-refractivity contribution is 14.1. The minimum Gasteiger partial charge on any atom is -0.506 e. The van der Waals surface area contributed by atoms with Crippen molar-refractivity contribution in [1.82, 2.24) is 5.32 Å². The Balaban J connectivity index is 2.45. The summed E-state index contributed by atoms with van der Waals surface area (Å²) in [4.78, 5) is 16.8. The van der Waals surface area contributed by atoms with Gasteiger partial charge < -0.3 is 10.4 Å². The van der Waals surface area contributed by atoms with Crippen LogP contribution in [0.1, 0.15) is 19.4 Å². The Labute approximate surface area is 165 Å². The van der Waals surface area contributed by atoms with Crippen molar-refractivity contribution >= 4 is 57.8 Å². The Morgan fingerprint density at radius 3 is 2.44 bits per heavy atom. The van der Waals surface area contributed by atoms with E-state index in [2.05, 4.69) is 32.9 Å². The molecule has 1 amide bonds. The van der Waals surface area contributed by atoms with Gasteiger partial charge in [-0.1, -0.05) is 23.7 Å². The van der Waals surface area contributed by atoms with E-state index in [4.69, 9.17) is 11.6 Å². The fourth-order valence-corrected chi connectivity index (χ4v) is 2.62. The van der Waals surface area contributed by atoms with Gasteiger partial charge in [0.2, 0.25) is 0 Å². The number of aliphatic imine (C=N–C) groups is 1. The molecule has 2 aromatic carbocycles. The van der Waals surface area contributed by atoms with Gasteiger partial charge in [0.25, 0.3) is 5.91 Å². The van der Waals surface area contributed by atoms with E-state index in [0.29, 0.717) is 16.3 Å². The van der Waals surface area contributed by atoms with Crippen LogP contribution < -0.4 is 5.32 Å². The molecule has 0 heterocycles. The summed E-state index contributed by atoms with van der Waals surface area (Å²) < 4.78 is 1.09. The zero-order valence-electron chi connectivity index (χ0n) is 13.8. The van der Waals surface area contributed by atoms with E-state index in [-0.39, 0.29) is 17.4 Å². The molecule has 0 radical (unpaired) electrons. The molecule has 2 rings (SSSR count). The van der Waals surface area contributed by atoms with Crippen molar-refractivity contribution in [1.29, 1.82) is 0 Å². The number of nitrogens with one attached hydrogen (secondary N) is 1. The van der Waals surface area contributed by atoms with E-state index in [1.54, 1.807) is 24.3 Å². The van der Waals surface area contributed by atoms with Crippen LogP contribution in [0.4, 0.5) is 5.69 Å². The highest BCUT2D eigenvalue weighted by atomic mass is 127. The largest absolute Gasteiger partial charge is 0.506 e. The molecule has 0 unspecified atom stereocenters. The van der Waals surface area contributed by atoms with Gasteiger partial charge in [-0.05, 0) is 72.8 Å².